The number of phenols is 1. The number of benzene rings is 2. The number of phenolic OH excluding ortho intramolecular Hbond substituents is 1. The Bertz CT molecular complexity index is 1270. The number of hydrogen-bond donors (Lipinski definition) is 2. The summed E-state index contributed by atoms with van der Waals surface area (Å²) in [5.41, 5.74) is 4.42. The first-order chi connectivity index (χ1) is 17.6. The van der Waals surface area contributed by atoms with E-state index in [9.17, 15) is 9.90 Å². The number of rotatable bonds is 7. The molecule has 2 saturated carbocycles. The van der Waals surface area contributed by atoms with Crippen LogP contribution >= 0.6 is 11.6 Å². The van der Waals surface area contributed by atoms with E-state index in [-0.39, 0.29) is 17.5 Å². The molecule has 0 unspecified atom stereocenters. The number of pyridine rings is 1. The molecule has 3 fully saturated rings. The molecule has 1 saturated heterocycles. The van der Waals surface area contributed by atoms with E-state index in [1.165, 1.54) is 51.6 Å². The molecule has 2 aromatic carbocycles. The van der Waals surface area contributed by atoms with Gasteiger partial charge in [0, 0.05) is 30.1 Å². The number of aromatic nitrogens is 1. The molecular formula is C30H34ClN3O2. The molecular weight excluding hydrogens is 470 g/mol. The molecule has 36 heavy (non-hydrogen) atoms. The summed E-state index contributed by atoms with van der Waals surface area (Å²) in [5.74, 6) is 1.04. The third kappa shape index (κ3) is 4.83. The van der Waals surface area contributed by atoms with E-state index in [1.807, 2.05) is 18.2 Å². The van der Waals surface area contributed by atoms with Crippen molar-refractivity contribution in [1.82, 2.24) is 9.88 Å². The minimum Gasteiger partial charge on any atom is -0.506 e. The molecule has 2 N–H and O–H groups in total. The molecule has 3 aliphatic rings. The van der Waals surface area contributed by atoms with Gasteiger partial charge in [-0.05, 0) is 106 Å². The number of carbonyl (C=O) groups excluding carboxylic acids is 1. The van der Waals surface area contributed by atoms with E-state index >= 15 is 0 Å². The zero-order chi connectivity index (χ0) is 24.6. The topological polar surface area (TPSA) is 65.5 Å². The number of fused-ring (bicyclic) bond motifs is 1. The number of Topliss-reactive ketones (excluding diaryl/α,β-unsaturated/α-hetero) is 1. The van der Waals surface area contributed by atoms with E-state index in [4.69, 9.17) is 11.6 Å². The molecule has 6 rings (SSSR count). The number of ketones is 1. The Kier molecular flexibility index (Phi) is 6.61. The largest absolute Gasteiger partial charge is 0.506 e. The molecule has 2 heterocycles. The highest BCUT2D eigenvalue weighted by atomic mass is 35.5. The fourth-order valence-corrected chi connectivity index (χ4v) is 6.25. The molecule has 0 amide bonds. The first-order valence-electron chi connectivity index (χ1n) is 13.5. The molecule has 6 heteroatoms. The van der Waals surface area contributed by atoms with Crippen LogP contribution in [0.2, 0.25) is 5.02 Å². The Morgan fingerprint density at radius 2 is 1.72 bits per heavy atom. The Balaban J connectivity index is 1.27. The van der Waals surface area contributed by atoms with Gasteiger partial charge in [0.25, 0.3) is 0 Å². The van der Waals surface area contributed by atoms with Gasteiger partial charge in [0.1, 0.15) is 5.75 Å². The van der Waals surface area contributed by atoms with Crippen LogP contribution in [0.5, 0.6) is 5.75 Å². The van der Waals surface area contributed by atoms with Crippen molar-refractivity contribution in [3.8, 4) is 16.9 Å². The number of likely N-dealkylation sites (tertiary alicyclic amines) is 1. The summed E-state index contributed by atoms with van der Waals surface area (Å²) < 4.78 is 0. The van der Waals surface area contributed by atoms with Crippen molar-refractivity contribution >= 4 is 34.0 Å². The van der Waals surface area contributed by atoms with Gasteiger partial charge in [0.15, 0.2) is 5.78 Å². The van der Waals surface area contributed by atoms with Gasteiger partial charge in [-0.25, -0.2) is 0 Å². The first kappa shape index (κ1) is 23.7. The first-order valence-corrected chi connectivity index (χ1v) is 13.9. The standard InChI is InChI=1S/C30H34ClN3O2/c31-26-16-22(8-12-28(26)35)21-7-11-27-24(15-21)29(25(18-32-27)30(36)20-5-6-20)33-17-19-3-9-23(10-4-19)34-13-1-2-14-34/h7-8,11-12,15-16,18-20,23,35H,1-6,9-10,13-14,17H2,(H,32,33). The van der Waals surface area contributed by atoms with Crippen molar-refractivity contribution in [3.05, 3.63) is 53.2 Å². The van der Waals surface area contributed by atoms with Gasteiger partial charge in [-0.1, -0.05) is 23.7 Å². The van der Waals surface area contributed by atoms with E-state index in [2.05, 4.69) is 21.3 Å². The Morgan fingerprint density at radius 3 is 2.44 bits per heavy atom. The highest BCUT2D eigenvalue weighted by molar-refractivity contribution is 6.32. The van der Waals surface area contributed by atoms with E-state index < -0.39 is 0 Å². The minimum absolute atomic E-state index is 0.0713. The highest BCUT2D eigenvalue weighted by Gasteiger charge is 2.33. The lowest BCUT2D eigenvalue weighted by molar-refractivity contribution is 0.0968. The second-order valence-corrected chi connectivity index (χ2v) is 11.3. The van der Waals surface area contributed by atoms with Crippen LogP contribution < -0.4 is 5.32 Å². The summed E-state index contributed by atoms with van der Waals surface area (Å²) >= 11 is 6.19. The predicted octanol–water partition coefficient (Wildman–Crippen LogP) is 6.92. The van der Waals surface area contributed by atoms with E-state index in [0.29, 0.717) is 10.9 Å². The van der Waals surface area contributed by atoms with Gasteiger partial charge in [-0.3, -0.25) is 9.78 Å². The van der Waals surface area contributed by atoms with Crippen molar-refractivity contribution in [1.29, 1.82) is 0 Å². The quantitative estimate of drug-likeness (QED) is 0.342. The summed E-state index contributed by atoms with van der Waals surface area (Å²) in [6, 6.07) is 12.1. The smallest absolute Gasteiger partial charge is 0.169 e. The lowest BCUT2D eigenvalue weighted by Crippen LogP contribution is -2.37. The summed E-state index contributed by atoms with van der Waals surface area (Å²) in [6.07, 6.45) is 11.5. The van der Waals surface area contributed by atoms with Crippen molar-refractivity contribution in [2.75, 3.05) is 25.0 Å². The molecule has 3 aromatic rings. The molecule has 0 radical (unpaired) electrons. The monoisotopic (exact) mass is 503 g/mol. The van der Waals surface area contributed by atoms with Crippen LogP contribution in [0.15, 0.2) is 42.6 Å². The lowest BCUT2D eigenvalue weighted by atomic mass is 9.85. The number of halogens is 1. The lowest BCUT2D eigenvalue weighted by Gasteiger charge is -2.34. The second-order valence-electron chi connectivity index (χ2n) is 10.9. The summed E-state index contributed by atoms with van der Waals surface area (Å²) in [4.78, 5) is 20.6. The average Bonchev–Trinajstić information content (AvgIpc) is 3.62. The summed E-state index contributed by atoms with van der Waals surface area (Å²) in [7, 11) is 0. The van der Waals surface area contributed by atoms with Crippen LogP contribution in [-0.2, 0) is 0 Å². The van der Waals surface area contributed by atoms with Gasteiger partial charge in [0.05, 0.1) is 21.8 Å². The molecule has 0 atom stereocenters. The molecule has 0 bridgehead atoms. The zero-order valence-electron chi connectivity index (χ0n) is 20.7. The Morgan fingerprint density at radius 1 is 1.00 bits per heavy atom. The highest BCUT2D eigenvalue weighted by Crippen LogP contribution is 2.39. The normalized spacial score (nSPS) is 22.7. The van der Waals surface area contributed by atoms with Gasteiger partial charge < -0.3 is 15.3 Å². The van der Waals surface area contributed by atoms with Crippen LogP contribution in [0.3, 0.4) is 0 Å². The number of carbonyl (C=O) groups is 1. The molecule has 1 aromatic heterocycles. The molecule has 5 nitrogen and oxygen atoms in total. The number of nitrogens with zero attached hydrogens (tertiary/aromatic N) is 2. The van der Waals surface area contributed by atoms with Crippen LogP contribution in [0.4, 0.5) is 5.69 Å². The second kappa shape index (κ2) is 10.0. The van der Waals surface area contributed by atoms with Gasteiger partial charge >= 0.3 is 0 Å². The van der Waals surface area contributed by atoms with Crippen LogP contribution in [0, 0.1) is 11.8 Å². The van der Waals surface area contributed by atoms with Crippen molar-refractivity contribution in [2.24, 2.45) is 11.8 Å². The maximum absolute atomic E-state index is 13.2. The van der Waals surface area contributed by atoms with Crippen LogP contribution in [0.1, 0.15) is 61.7 Å². The van der Waals surface area contributed by atoms with Gasteiger partial charge in [-0.2, -0.15) is 0 Å². The van der Waals surface area contributed by atoms with Crippen molar-refractivity contribution < 1.29 is 9.90 Å². The van der Waals surface area contributed by atoms with Crippen molar-refractivity contribution in [3.63, 3.8) is 0 Å². The third-order valence-electron chi connectivity index (χ3n) is 8.40. The third-order valence-corrected chi connectivity index (χ3v) is 8.71. The van der Waals surface area contributed by atoms with E-state index in [0.717, 1.165) is 58.7 Å². The molecule has 2 aliphatic carbocycles. The minimum atomic E-state index is 0.0713. The molecule has 1 aliphatic heterocycles. The zero-order valence-corrected chi connectivity index (χ0v) is 21.4. The number of anilines is 1. The van der Waals surface area contributed by atoms with Crippen molar-refractivity contribution in [2.45, 2.75) is 57.4 Å². The maximum atomic E-state index is 13.2. The molecule has 0 spiro atoms. The van der Waals surface area contributed by atoms with Gasteiger partial charge in [0.2, 0.25) is 0 Å². The number of aromatic hydroxyl groups is 1. The Hall–Kier alpha value is -2.63. The SMILES string of the molecule is O=C(c1cnc2ccc(-c3ccc(O)c(Cl)c3)cc2c1NCC1CCC(N2CCCC2)CC1)C1CC1. The summed E-state index contributed by atoms with van der Waals surface area (Å²) in [5, 5.41) is 14.9. The maximum Gasteiger partial charge on any atom is 0.169 e. The molecule has 188 valence electrons. The van der Waals surface area contributed by atoms with Gasteiger partial charge in [-0.15, -0.1) is 0 Å². The van der Waals surface area contributed by atoms with E-state index in [1.54, 1.807) is 18.3 Å². The Labute approximate surface area is 217 Å². The summed E-state index contributed by atoms with van der Waals surface area (Å²) in [6.45, 7) is 3.43. The number of nitrogens with one attached hydrogen (secondary N) is 1. The fourth-order valence-electron chi connectivity index (χ4n) is 6.07. The number of hydrogen-bond acceptors (Lipinski definition) is 5. The fraction of sp³-hybridized carbons (Fsp3) is 0.467. The van der Waals surface area contributed by atoms with Crippen LogP contribution in [-0.4, -0.2) is 46.4 Å². The van der Waals surface area contributed by atoms with Crippen LogP contribution in [0.25, 0.3) is 22.0 Å². The predicted molar refractivity (Wildman–Crippen MR) is 146 cm³/mol. The average molecular weight is 504 g/mol.